The Hall–Kier alpha value is -2.43. The van der Waals surface area contributed by atoms with Gasteiger partial charge in [0.15, 0.2) is 5.76 Å². The van der Waals surface area contributed by atoms with Crippen LogP contribution in [0.5, 0.6) is 5.75 Å². The molecule has 0 amide bonds. The average Bonchev–Trinajstić information content (AvgIpc) is 2.91. The molecule has 0 aliphatic rings. The fourth-order valence-corrected chi connectivity index (χ4v) is 1.61. The number of halogens is 1. The average molecular weight is 288 g/mol. The molecule has 0 N–H and O–H groups in total. The molecule has 1 aromatic heterocycles. The number of imidazole rings is 1. The lowest BCUT2D eigenvalue weighted by Gasteiger charge is -2.19. The normalized spacial score (nSPS) is 12.3. The van der Waals surface area contributed by atoms with Crippen LogP contribution in [-0.2, 0) is 4.79 Å². The number of ether oxygens (including phenoxy) is 1. The molecule has 0 atom stereocenters. The number of ketones is 1. The third-order valence-electron chi connectivity index (χ3n) is 2.74. The SMILES string of the molecule is CC(C)(C)C(=O)C(=Cn1ccnc1)Oc1ccc(F)cc1. The monoisotopic (exact) mass is 288 g/mol. The zero-order valence-corrected chi connectivity index (χ0v) is 12.2. The van der Waals surface area contributed by atoms with Gasteiger partial charge in [-0.1, -0.05) is 20.8 Å². The second kappa shape index (κ2) is 5.91. The minimum atomic E-state index is -0.591. The first-order valence-electron chi connectivity index (χ1n) is 6.54. The molecular formula is C16H17FN2O2. The van der Waals surface area contributed by atoms with Crippen LogP contribution >= 0.6 is 0 Å². The summed E-state index contributed by atoms with van der Waals surface area (Å²) in [5.74, 6) is 0.0673. The number of hydrogen-bond donors (Lipinski definition) is 0. The smallest absolute Gasteiger partial charge is 0.204 e. The van der Waals surface area contributed by atoms with Crippen molar-refractivity contribution < 1.29 is 13.9 Å². The number of benzene rings is 1. The van der Waals surface area contributed by atoms with Crippen molar-refractivity contribution in [1.82, 2.24) is 9.55 Å². The predicted octanol–water partition coefficient (Wildman–Crippen LogP) is 3.51. The van der Waals surface area contributed by atoms with E-state index in [1.165, 1.54) is 24.3 Å². The lowest BCUT2D eigenvalue weighted by molar-refractivity contribution is -0.124. The Morgan fingerprint density at radius 1 is 1.29 bits per heavy atom. The molecule has 0 bridgehead atoms. The highest BCUT2D eigenvalue weighted by Gasteiger charge is 2.27. The minimum Gasteiger partial charge on any atom is -0.452 e. The summed E-state index contributed by atoms with van der Waals surface area (Å²) in [5.41, 5.74) is -0.591. The maximum atomic E-state index is 12.9. The second-order valence-electron chi connectivity index (χ2n) is 5.64. The number of nitrogens with zero attached hydrogens (tertiary/aromatic N) is 2. The van der Waals surface area contributed by atoms with Gasteiger partial charge in [-0.05, 0) is 24.3 Å². The second-order valence-corrected chi connectivity index (χ2v) is 5.64. The molecule has 110 valence electrons. The van der Waals surface area contributed by atoms with Gasteiger partial charge in [0.25, 0.3) is 0 Å². The molecule has 2 aromatic rings. The Morgan fingerprint density at radius 3 is 2.48 bits per heavy atom. The van der Waals surface area contributed by atoms with E-state index in [1.807, 2.05) is 20.8 Å². The van der Waals surface area contributed by atoms with Crippen LogP contribution in [0, 0.1) is 11.2 Å². The Kier molecular flexibility index (Phi) is 4.21. The van der Waals surface area contributed by atoms with E-state index in [2.05, 4.69) is 4.98 Å². The van der Waals surface area contributed by atoms with Crippen molar-refractivity contribution in [3.63, 3.8) is 0 Å². The van der Waals surface area contributed by atoms with E-state index in [4.69, 9.17) is 4.74 Å². The molecule has 0 aliphatic heterocycles. The quantitative estimate of drug-likeness (QED) is 0.638. The lowest BCUT2D eigenvalue weighted by Crippen LogP contribution is -2.25. The largest absolute Gasteiger partial charge is 0.452 e. The van der Waals surface area contributed by atoms with E-state index < -0.39 is 5.41 Å². The van der Waals surface area contributed by atoms with Gasteiger partial charge in [0.05, 0.1) is 12.5 Å². The maximum absolute atomic E-state index is 12.9. The highest BCUT2D eigenvalue weighted by Crippen LogP contribution is 2.23. The van der Waals surface area contributed by atoms with Crippen LogP contribution in [-0.4, -0.2) is 15.3 Å². The first-order chi connectivity index (χ1) is 9.86. The first-order valence-corrected chi connectivity index (χ1v) is 6.54. The molecule has 2 rings (SSSR count). The molecule has 1 heterocycles. The molecule has 0 aliphatic carbocycles. The standard InChI is InChI=1S/C16H17FN2O2/c1-16(2,3)15(20)14(10-19-9-8-18-11-19)21-13-6-4-12(17)5-7-13/h4-11H,1-3H3. The molecule has 21 heavy (non-hydrogen) atoms. The van der Waals surface area contributed by atoms with Gasteiger partial charge < -0.3 is 9.30 Å². The zero-order valence-electron chi connectivity index (χ0n) is 12.2. The van der Waals surface area contributed by atoms with Gasteiger partial charge in [0.1, 0.15) is 11.6 Å². The van der Waals surface area contributed by atoms with E-state index in [1.54, 1.807) is 29.5 Å². The molecule has 0 saturated heterocycles. The number of carbonyl (C=O) groups excluding carboxylic acids is 1. The number of rotatable bonds is 4. The Morgan fingerprint density at radius 2 is 1.95 bits per heavy atom. The molecule has 5 heteroatoms. The number of carbonyl (C=O) groups is 1. The van der Waals surface area contributed by atoms with Gasteiger partial charge in [0.2, 0.25) is 5.78 Å². The molecule has 0 saturated carbocycles. The van der Waals surface area contributed by atoms with Gasteiger partial charge in [-0.3, -0.25) is 4.79 Å². The first kappa shape index (κ1) is 15.0. The van der Waals surface area contributed by atoms with Gasteiger partial charge >= 0.3 is 0 Å². The predicted molar refractivity (Wildman–Crippen MR) is 78.0 cm³/mol. The minimum absolute atomic E-state index is 0.152. The Balaban J connectivity index is 2.32. The van der Waals surface area contributed by atoms with Crippen molar-refractivity contribution in [2.24, 2.45) is 5.41 Å². The van der Waals surface area contributed by atoms with E-state index in [0.29, 0.717) is 5.75 Å². The van der Waals surface area contributed by atoms with Crippen LogP contribution in [0.15, 0.2) is 48.7 Å². The van der Waals surface area contributed by atoms with Gasteiger partial charge in [-0.25, -0.2) is 9.37 Å². The number of Topliss-reactive ketones (excluding diaryl/α,β-unsaturated/α-hetero) is 1. The van der Waals surface area contributed by atoms with E-state index >= 15 is 0 Å². The fourth-order valence-electron chi connectivity index (χ4n) is 1.61. The molecule has 1 aromatic carbocycles. The lowest BCUT2D eigenvalue weighted by atomic mass is 9.90. The van der Waals surface area contributed by atoms with E-state index in [-0.39, 0.29) is 17.4 Å². The number of hydrogen-bond acceptors (Lipinski definition) is 3. The van der Waals surface area contributed by atoms with Gasteiger partial charge in [-0.2, -0.15) is 0 Å². The summed E-state index contributed by atoms with van der Waals surface area (Å²) < 4.78 is 20.2. The van der Waals surface area contributed by atoms with Crippen LogP contribution in [0.1, 0.15) is 20.8 Å². The van der Waals surface area contributed by atoms with Crippen LogP contribution < -0.4 is 4.74 Å². The highest BCUT2D eigenvalue weighted by atomic mass is 19.1. The summed E-state index contributed by atoms with van der Waals surface area (Å²) in [7, 11) is 0. The highest BCUT2D eigenvalue weighted by molar-refractivity contribution is 6.00. The molecule has 0 radical (unpaired) electrons. The third-order valence-corrected chi connectivity index (χ3v) is 2.74. The maximum Gasteiger partial charge on any atom is 0.204 e. The van der Waals surface area contributed by atoms with E-state index in [0.717, 1.165) is 0 Å². The summed E-state index contributed by atoms with van der Waals surface area (Å²) in [6.07, 6.45) is 6.42. The molecule has 0 unspecified atom stereocenters. The van der Waals surface area contributed by atoms with Crippen molar-refractivity contribution in [3.05, 3.63) is 54.6 Å². The van der Waals surface area contributed by atoms with Crippen LogP contribution in [0.4, 0.5) is 4.39 Å². The fraction of sp³-hybridized carbons (Fsp3) is 0.250. The summed E-state index contributed by atoms with van der Waals surface area (Å²) in [4.78, 5) is 16.4. The van der Waals surface area contributed by atoms with Crippen molar-refractivity contribution in [1.29, 1.82) is 0 Å². The summed E-state index contributed by atoms with van der Waals surface area (Å²) in [6.45, 7) is 5.43. The summed E-state index contributed by atoms with van der Waals surface area (Å²) in [5, 5.41) is 0. The molecule has 4 nitrogen and oxygen atoms in total. The third kappa shape index (κ3) is 4.02. The molecule has 0 spiro atoms. The molecular weight excluding hydrogens is 271 g/mol. The number of allylic oxidation sites excluding steroid dienone is 1. The van der Waals surface area contributed by atoms with Gasteiger partial charge in [-0.15, -0.1) is 0 Å². The topological polar surface area (TPSA) is 44.1 Å². The Labute approximate surface area is 122 Å². The summed E-state index contributed by atoms with van der Waals surface area (Å²) in [6, 6.07) is 5.53. The van der Waals surface area contributed by atoms with Crippen LogP contribution in [0.3, 0.4) is 0 Å². The van der Waals surface area contributed by atoms with Crippen molar-refractivity contribution in [3.8, 4) is 5.75 Å². The molecule has 0 fully saturated rings. The van der Waals surface area contributed by atoms with Crippen molar-refractivity contribution in [2.75, 3.05) is 0 Å². The summed E-state index contributed by atoms with van der Waals surface area (Å²) >= 11 is 0. The van der Waals surface area contributed by atoms with Crippen molar-refractivity contribution >= 4 is 12.0 Å². The van der Waals surface area contributed by atoms with Crippen LogP contribution in [0.25, 0.3) is 6.20 Å². The number of aromatic nitrogens is 2. The van der Waals surface area contributed by atoms with Crippen molar-refractivity contribution in [2.45, 2.75) is 20.8 Å². The van der Waals surface area contributed by atoms with Crippen LogP contribution in [0.2, 0.25) is 0 Å². The zero-order chi connectivity index (χ0) is 15.5. The van der Waals surface area contributed by atoms with E-state index in [9.17, 15) is 9.18 Å². The van der Waals surface area contributed by atoms with Gasteiger partial charge in [0, 0.05) is 17.8 Å². The Bertz CT molecular complexity index is 638.